The van der Waals surface area contributed by atoms with E-state index in [0.717, 1.165) is 17.7 Å². The highest BCUT2D eigenvalue weighted by Crippen LogP contribution is 2.26. The van der Waals surface area contributed by atoms with E-state index in [2.05, 4.69) is 10.8 Å². The van der Waals surface area contributed by atoms with Gasteiger partial charge in [0, 0.05) is 25.6 Å². The van der Waals surface area contributed by atoms with Crippen molar-refractivity contribution < 1.29 is 17.9 Å². The molecule has 0 unspecified atom stereocenters. The van der Waals surface area contributed by atoms with E-state index in [9.17, 15) is 13.2 Å². The van der Waals surface area contributed by atoms with Crippen molar-refractivity contribution in [2.24, 2.45) is 0 Å². The Kier molecular flexibility index (Phi) is 5.21. The number of amides is 1. The van der Waals surface area contributed by atoms with E-state index in [1.54, 1.807) is 17.5 Å². The molecular formula is C19H22N2O4S2. The minimum Gasteiger partial charge on any atom is -0.493 e. The molecule has 2 aromatic rings. The molecule has 8 heteroatoms. The monoisotopic (exact) mass is 406 g/mol. The average molecular weight is 407 g/mol. The standard InChI is InChI=1S/C19H22N2O4S2/c22-18(13-14-3-4-17-15(12-14)7-10-25-17)21-8-5-16(6-9-21)20-27(23,24)19-2-1-11-26-19/h1-4,11-12,16,20H,5-10,13H2. The quantitative estimate of drug-likeness (QED) is 0.826. The number of hydrogen-bond acceptors (Lipinski definition) is 5. The van der Waals surface area contributed by atoms with Crippen molar-refractivity contribution in [3.63, 3.8) is 0 Å². The zero-order valence-corrected chi connectivity index (χ0v) is 16.5. The van der Waals surface area contributed by atoms with Crippen LogP contribution in [0.4, 0.5) is 0 Å². The van der Waals surface area contributed by atoms with E-state index in [1.807, 2.05) is 17.0 Å². The van der Waals surface area contributed by atoms with Crippen LogP contribution in [0, 0.1) is 0 Å². The van der Waals surface area contributed by atoms with Gasteiger partial charge in [-0.05, 0) is 41.5 Å². The number of piperidine rings is 1. The Morgan fingerprint density at radius 2 is 2.07 bits per heavy atom. The summed E-state index contributed by atoms with van der Waals surface area (Å²) in [4.78, 5) is 14.4. The van der Waals surface area contributed by atoms with Crippen molar-refractivity contribution in [2.45, 2.75) is 35.9 Å². The summed E-state index contributed by atoms with van der Waals surface area (Å²) in [5, 5.41) is 1.75. The smallest absolute Gasteiger partial charge is 0.250 e. The van der Waals surface area contributed by atoms with Crippen molar-refractivity contribution in [2.75, 3.05) is 19.7 Å². The number of carbonyl (C=O) groups is 1. The van der Waals surface area contributed by atoms with Gasteiger partial charge < -0.3 is 9.64 Å². The van der Waals surface area contributed by atoms with Crippen LogP contribution in [0.2, 0.25) is 0 Å². The van der Waals surface area contributed by atoms with Crippen LogP contribution < -0.4 is 9.46 Å². The number of rotatable bonds is 5. The van der Waals surface area contributed by atoms with Gasteiger partial charge in [0.2, 0.25) is 15.9 Å². The number of hydrogen-bond donors (Lipinski definition) is 1. The van der Waals surface area contributed by atoms with Gasteiger partial charge in [-0.1, -0.05) is 18.2 Å². The lowest BCUT2D eigenvalue weighted by Gasteiger charge is -2.32. The molecule has 27 heavy (non-hydrogen) atoms. The molecule has 3 heterocycles. The fraction of sp³-hybridized carbons (Fsp3) is 0.421. The second-order valence-electron chi connectivity index (χ2n) is 6.93. The first-order valence-electron chi connectivity index (χ1n) is 9.09. The first-order valence-corrected chi connectivity index (χ1v) is 11.5. The van der Waals surface area contributed by atoms with E-state index in [1.165, 1.54) is 16.9 Å². The number of ether oxygens (including phenoxy) is 1. The number of fused-ring (bicyclic) bond motifs is 1. The van der Waals surface area contributed by atoms with Crippen LogP contribution in [0.1, 0.15) is 24.0 Å². The van der Waals surface area contributed by atoms with Crippen LogP contribution in [0.25, 0.3) is 0 Å². The molecule has 1 saturated heterocycles. The van der Waals surface area contributed by atoms with Gasteiger partial charge in [-0.3, -0.25) is 4.79 Å². The maximum Gasteiger partial charge on any atom is 0.250 e. The van der Waals surface area contributed by atoms with Crippen LogP contribution in [-0.2, 0) is 27.7 Å². The van der Waals surface area contributed by atoms with Gasteiger partial charge in [0.1, 0.15) is 9.96 Å². The van der Waals surface area contributed by atoms with E-state index in [0.29, 0.717) is 43.2 Å². The molecule has 0 atom stereocenters. The molecule has 0 spiro atoms. The third-order valence-electron chi connectivity index (χ3n) is 5.04. The Balaban J connectivity index is 1.30. The number of thiophene rings is 1. The van der Waals surface area contributed by atoms with Gasteiger partial charge in [-0.25, -0.2) is 13.1 Å². The number of carbonyl (C=O) groups excluding carboxylic acids is 1. The number of likely N-dealkylation sites (tertiary alicyclic amines) is 1. The SMILES string of the molecule is O=C(Cc1ccc2c(c1)CCO2)N1CCC(NS(=O)(=O)c2cccs2)CC1. The lowest BCUT2D eigenvalue weighted by atomic mass is 10.0. The molecule has 1 aromatic heterocycles. The lowest BCUT2D eigenvalue weighted by Crippen LogP contribution is -2.46. The molecule has 0 aliphatic carbocycles. The molecule has 2 aliphatic rings. The second kappa shape index (κ2) is 7.61. The van der Waals surface area contributed by atoms with E-state index >= 15 is 0 Å². The molecule has 1 fully saturated rings. The predicted octanol–water partition coefficient (Wildman–Crippen LogP) is 2.20. The molecule has 0 bridgehead atoms. The normalized spacial score (nSPS) is 17.6. The lowest BCUT2D eigenvalue weighted by molar-refractivity contribution is -0.131. The highest BCUT2D eigenvalue weighted by Gasteiger charge is 2.27. The van der Waals surface area contributed by atoms with E-state index in [-0.39, 0.29) is 11.9 Å². The molecular weight excluding hydrogens is 384 g/mol. The molecule has 4 rings (SSSR count). The summed E-state index contributed by atoms with van der Waals surface area (Å²) < 4.78 is 33.2. The van der Waals surface area contributed by atoms with E-state index < -0.39 is 10.0 Å². The molecule has 0 radical (unpaired) electrons. The summed E-state index contributed by atoms with van der Waals surface area (Å²) in [6.07, 6.45) is 2.54. The second-order valence-corrected chi connectivity index (χ2v) is 9.81. The highest BCUT2D eigenvalue weighted by atomic mass is 32.2. The topological polar surface area (TPSA) is 75.7 Å². The maximum atomic E-state index is 12.6. The van der Waals surface area contributed by atoms with Crippen molar-refractivity contribution in [3.8, 4) is 5.75 Å². The average Bonchev–Trinajstić information content (AvgIpc) is 3.34. The van der Waals surface area contributed by atoms with Crippen molar-refractivity contribution in [3.05, 3.63) is 46.8 Å². The summed E-state index contributed by atoms with van der Waals surface area (Å²) in [7, 11) is -3.46. The first-order chi connectivity index (χ1) is 13.0. The Hall–Kier alpha value is -1.90. The van der Waals surface area contributed by atoms with Crippen LogP contribution >= 0.6 is 11.3 Å². The van der Waals surface area contributed by atoms with Gasteiger partial charge in [0.05, 0.1) is 13.0 Å². The van der Waals surface area contributed by atoms with Gasteiger partial charge in [0.25, 0.3) is 0 Å². The summed E-state index contributed by atoms with van der Waals surface area (Å²) in [6, 6.07) is 9.15. The van der Waals surface area contributed by atoms with Crippen LogP contribution in [0.5, 0.6) is 5.75 Å². The third-order valence-corrected chi connectivity index (χ3v) is 7.96. The fourth-order valence-electron chi connectivity index (χ4n) is 3.58. The molecule has 1 aromatic carbocycles. The summed E-state index contributed by atoms with van der Waals surface area (Å²) >= 11 is 1.21. The zero-order valence-electron chi connectivity index (χ0n) is 14.9. The van der Waals surface area contributed by atoms with Crippen molar-refractivity contribution >= 4 is 27.3 Å². The number of benzene rings is 1. The van der Waals surface area contributed by atoms with Gasteiger partial charge in [-0.2, -0.15) is 0 Å². The van der Waals surface area contributed by atoms with Gasteiger partial charge in [-0.15, -0.1) is 11.3 Å². The van der Waals surface area contributed by atoms with Crippen molar-refractivity contribution in [1.82, 2.24) is 9.62 Å². The zero-order chi connectivity index (χ0) is 18.9. The molecule has 0 saturated carbocycles. The van der Waals surface area contributed by atoms with Crippen LogP contribution in [0.3, 0.4) is 0 Å². The Labute approximate surface area is 163 Å². The molecule has 1 N–H and O–H groups in total. The Morgan fingerprint density at radius 1 is 1.26 bits per heavy atom. The first kappa shape index (κ1) is 18.5. The third kappa shape index (κ3) is 4.17. The predicted molar refractivity (Wildman–Crippen MR) is 104 cm³/mol. The summed E-state index contributed by atoms with van der Waals surface area (Å²) in [5.41, 5.74) is 2.17. The van der Waals surface area contributed by atoms with Crippen LogP contribution in [0.15, 0.2) is 39.9 Å². The summed E-state index contributed by atoms with van der Waals surface area (Å²) in [5.74, 6) is 1.01. The largest absolute Gasteiger partial charge is 0.493 e. The maximum absolute atomic E-state index is 12.6. The molecule has 144 valence electrons. The Bertz CT molecular complexity index is 917. The van der Waals surface area contributed by atoms with E-state index in [4.69, 9.17) is 4.74 Å². The molecule has 2 aliphatic heterocycles. The minimum atomic E-state index is -3.46. The summed E-state index contributed by atoms with van der Waals surface area (Å²) in [6.45, 7) is 1.86. The van der Waals surface area contributed by atoms with Gasteiger partial charge in [0.15, 0.2) is 0 Å². The number of nitrogens with one attached hydrogen (secondary N) is 1. The number of sulfonamides is 1. The Morgan fingerprint density at radius 3 is 2.81 bits per heavy atom. The minimum absolute atomic E-state index is 0.0911. The van der Waals surface area contributed by atoms with Crippen LogP contribution in [-0.4, -0.2) is 45.0 Å². The molecule has 1 amide bonds. The van der Waals surface area contributed by atoms with Crippen molar-refractivity contribution in [1.29, 1.82) is 0 Å². The number of nitrogens with zero attached hydrogens (tertiary/aromatic N) is 1. The van der Waals surface area contributed by atoms with Gasteiger partial charge >= 0.3 is 0 Å². The highest BCUT2D eigenvalue weighted by molar-refractivity contribution is 7.91. The molecule has 6 nitrogen and oxygen atoms in total. The fourth-order valence-corrected chi connectivity index (χ4v) is 5.89.